The third-order valence-electron chi connectivity index (χ3n) is 5.35. The molecule has 0 atom stereocenters. The topological polar surface area (TPSA) is 91.0 Å². The number of benzene rings is 2. The molecule has 0 aromatic heterocycles. The molecule has 0 amide bonds. The maximum absolute atomic E-state index is 13.1. The molecule has 0 bridgehead atoms. The molecule has 10 heteroatoms. The number of nitrogens with zero attached hydrogens (tertiary/aromatic N) is 3. The minimum Gasteiger partial charge on any atom is -0.370 e. The summed E-state index contributed by atoms with van der Waals surface area (Å²) < 4.78 is 40.2. The van der Waals surface area contributed by atoms with Gasteiger partial charge in [0.05, 0.1) is 11.4 Å². The van der Waals surface area contributed by atoms with Crippen LogP contribution in [0.4, 0.5) is 10.1 Å². The van der Waals surface area contributed by atoms with Crippen LogP contribution in [0, 0.1) is 5.82 Å². The van der Waals surface area contributed by atoms with Crippen molar-refractivity contribution in [1.29, 1.82) is 0 Å². The van der Waals surface area contributed by atoms with Gasteiger partial charge in [0.2, 0.25) is 10.0 Å². The van der Waals surface area contributed by atoms with Crippen molar-refractivity contribution in [3.63, 3.8) is 0 Å². The second-order valence-corrected chi connectivity index (χ2v) is 9.38. The Morgan fingerprint density at radius 3 is 2.23 bits per heavy atom. The van der Waals surface area contributed by atoms with Crippen molar-refractivity contribution in [2.75, 3.05) is 31.1 Å². The Hall–Kier alpha value is -1.92. The quantitative estimate of drug-likeness (QED) is 0.323. The normalized spacial score (nSPS) is 17.4. The number of piperazine rings is 1. The minimum atomic E-state index is -3.44. The molecule has 0 unspecified atom stereocenters. The van der Waals surface area contributed by atoms with Crippen LogP contribution < -0.4 is 15.4 Å². The number of rotatable bonds is 6. The highest BCUT2D eigenvalue weighted by molar-refractivity contribution is 14.0. The summed E-state index contributed by atoms with van der Waals surface area (Å²) in [5, 5.41) is 0. The maximum Gasteiger partial charge on any atom is 0.240 e. The van der Waals surface area contributed by atoms with E-state index in [2.05, 4.69) is 14.6 Å². The minimum absolute atomic E-state index is 0. The van der Waals surface area contributed by atoms with Gasteiger partial charge in [0.15, 0.2) is 5.96 Å². The molecule has 1 saturated heterocycles. The molecule has 1 heterocycles. The third-order valence-corrected chi connectivity index (χ3v) is 6.89. The van der Waals surface area contributed by atoms with Gasteiger partial charge in [0, 0.05) is 37.9 Å². The summed E-state index contributed by atoms with van der Waals surface area (Å²) in [7, 11) is -3.44. The molecule has 2 aromatic carbocycles. The average molecular weight is 559 g/mol. The highest BCUT2D eigenvalue weighted by Gasteiger charge is 2.27. The molecular formula is C21H27FIN5O2S. The molecule has 168 valence electrons. The molecule has 31 heavy (non-hydrogen) atoms. The van der Waals surface area contributed by atoms with E-state index in [1.165, 1.54) is 12.1 Å². The van der Waals surface area contributed by atoms with Crippen LogP contribution in [0.5, 0.6) is 0 Å². The number of nitrogens with one attached hydrogen (secondary N) is 1. The van der Waals surface area contributed by atoms with Crippen LogP contribution in [0.2, 0.25) is 0 Å². The second kappa shape index (κ2) is 10.1. The van der Waals surface area contributed by atoms with Gasteiger partial charge in [-0.05, 0) is 54.8 Å². The monoisotopic (exact) mass is 559 g/mol. The van der Waals surface area contributed by atoms with Gasteiger partial charge in [-0.25, -0.2) is 22.5 Å². The number of sulfonamides is 1. The lowest BCUT2D eigenvalue weighted by Crippen LogP contribution is -2.51. The molecule has 0 spiro atoms. The first-order valence-corrected chi connectivity index (χ1v) is 11.6. The summed E-state index contributed by atoms with van der Waals surface area (Å²) in [6, 6.07) is 13.3. The fourth-order valence-corrected chi connectivity index (χ4v) is 4.69. The lowest BCUT2D eigenvalue weighted by atomic mass is 10.2. The van der Waals surface area contributed by atoms with Crippen LogP contribution in [-0.2, 0) is 16.6 Å². The van der Waals surface area contributed by atoms with Crippen molar-refractivity contribution >= 4 is 45.6 Å². The average Bonchev–Trinajstić information content (AvgIpc) is 3.56. The number of halogens is 2. The summed E-state index contributed by atoms with van der Waals surface area (Å²) in [6.07, 6.45) is 1.81. The first-order valence-electron chi connectivity index (χ1n) is 10.1. The van der Waals surface area contributed by atoms with E-state index in [0.29, 0.717) is 12.5 Å². The highest BCUT2D eigenvalue weighted by Crippen LogP contribution is 2.22. The number of hydrogen-bond donors (Lipinski definition) is 2. The van der Waals surface area contributed by atoms with Crippen LogP contribution in [0.1, 0.15) is 18.4 Å². The van der Waals surface area contributed by atoms with E-state index in [1.807, 2.05) is 4.90 Å². The van der Waals surface area contributed by atoms with Gasteiger partial charge in [0.1, 0.15) is 5.82 Å². The molecule has 1 aliphatic carbocycles. The van der Waals surface area contributed by atoms with Gasteiger partial charge in [-0.15, -0.1) is 24.0 Å². The summed E-state index contributed by atoms with van der Waals surface area (Å²) in [4.78, 5) is 8.95. The zero-order valence-electron chi connectivity index (χ0n) is 17.1. The second-order valence-electron chi connectivity index (χ2n) is 7.66. The molecule has 4 rings (SSSR count). The first-order chi connectivity index (χ1) is 14.4. The summed E-state index contributed by atoms with van der Waals surface area (Å²) in [6.45, 7) is 3.42. The highest BCUT2D eigenvalue weighted by atomic mass is 127. The van der Waals surface area contributed by atoms with E-state index < -0.39 is 10.0 Å². The lowest BCUT2D eigenvalue weighted by molar-refractivity contribution is 0.380. The van der Waals surface area contributed by atoms with Crippen LogP contribution >= 0.6 is 24.0 Å². The molecule has 0 radical (unpaired) electrons. The maximum atomic E-state index is 13.1. The van der Waals surface area contributed by atoms with Crippen molar-refractivity contribution in [3.8, 4) is 0 Å². The molecule has 2 aliphatic rings. The molecule has 1 aliphatic heterocycles. The number of hydrogen-bond acceptors (Lipinski definition) is 4. The number of anilines is 1. The number of aliphatic imine (C=N–C) groups is 1. The van der Waals surface area contributed by atoms with Gasteiger partial charge in [-0.1, -0.05) is 12.1 Å². The summed E-state index contributed by atoms with van der Waals surface area (Å²) in [5.41, 5.74) is 8.06. The Morgan fingerprint density at radius 2 is 1.65 bits per heavy atom. The van der Waals surface area contributed by atoms with E-state index in [9.17, 15) is 12.8 Å². The molecule has 3 N–H and O–H groups in total. The van der Waals surface area contributed by atoms with Crippen LogP contribution in [0.15, 0.2) is 58.4 Å². The Bertz CT molecular complexity index is 1000. The van der Waals surface area contributed by atoms with Gasteiger partial charge in [-0.2, -0.15) is 0 Å². The van der Waals surface area contributed by atoms with E-state index in [-0.39, 0.29) is 40.7 Å². The van der Waals surface area contributed by atoms with Crippen molar-refractivity contribution in [2.24, 2.45) is 10.7 Å². The first kappa shape index (κ1) is 23.7. The Kier molecular flexibility index (Phi) is 7.76. The Morgan fingerprint density at radius 1 is 1.03 bits per heavy atom. The molecule has 2 fully saturated rings. The van der Waals surface area contributed by atoms with Crippen molar-refractivity contribution in [2.45, 2.75) is 30.3 Å². The predicted molar refractivity (Wildman–Crippen MR) is 131 cm³/mol. The molecule has 2 aromatic rings. The zero-order valence-corrected chi connectivity index (χ0v) is 20.2. The molecule has 7 nitrogen and oxygen atoms in total. The van der Waals surface area contributed by atoms with Crippen LogP contribution in [-0.4, -0.2) is 51.5 Å². The molecular weight excluding hydrogens is 532 g/mol. The standard InChI is InChI=1S/C21H26FN5O2S.HI/c22-17-3-7-19(8-4-17)26-11-13-27(14-12-26)21(23)24-15-16-1-9-20(10-2-16)30(28,29)25-18-5-6-18;/h1-4,7-10,18,25H,5-6,11-15H2,(H2,23,24);1H. The number of guanidine groups is 1. The van der Waals surface area contributed by atoms with E-state index in [1.54, 1.807) is 36.4 Å². The van der Waals surface area contributed by atoms with Gasteiger partial charge in [0.25, 0.3) is 0 Å². The van der Waals surface area contributed by atoms with Crippen molar-refractivity contribution in [3.05, 3.63) is 59.9 Å². The Balaban J connectivity index is 0.00000272. The van der Waals surface area contributed by atoms with Gasteiger partial charge in [-0.3, -0.25) is 0 Å². The predicted octanol–water partition coefficient (Wildman–Crippen LogP) is 2.52. The fourth-order valence-electron chi connectivity index (χ4n) is 3.38. The smallest absolute Gasteiger partial charge is 0.240 e. The summed E-state index contributed by atoms with van der Waals surface area (Å²) >= 11 is 0. The third kappa shape index (κ3) is 6.30. The number of nitrogens with two attached hydrogens (primary N) is 1. The van der Waals surface area contributed by atoms with E-state index in [0.717, 1.165) is 50.3 Å². The van der Waals surface area contributed by atoms with Crippen LogP contribution in [0.25, 0.3) is 0 Å². The zero-order chi connectivity index (χ0) is 21.1. The van der Waals surface area contributed by atoms with Crippen LogP contribution in [0.3, 0.4) is 0 Å². The lowest BCUT2D eigenvalue weighted by Gasteiger charge is -2.36. The van der Waals surface area contributed by atoms with Gasteiger partial charge < -0.3 is 15.5 Å². The van der Waals surface area contributed by atoms with E-state index >= 15 is 0 Å². The van der Waals surface area contributed by atoms with Crippen molar-refractivity contribution < 1.29 is 12.8 Å². The molecule has 1 saturated carbocycles. The van der Waals surface area contributed by atoms with Gasteiger partial charge >= 0.3 is 0 Å². The van der Waals surface area contributed by atoms with Crippen molar-refractivity contribution in [1.82, 2.24) is 9.62 Å². The SMILES string of the molecule is I.NC(=NCc1ccc(S(=O)(=O)NC2CC2)cc1)N1CCN(c2ccc(F)cc2)CC1. The fraction of sp³-hybridized carbons (Fsp3) is 0.381. The van der Waals surface area contributed by atoms with E-state index in [4.69, 9.17) is 5.73 Å². The Labute approximate surface area is 199 Å². The summed E-state index contributed by atoms with van der Waals surface area (Å²) in [5.74, 6) is 0.236. The largest absolute Gasteiger partial charge is 0.370 e.